The second-order valence-electron chi connectivity index (χ2n) is 35.1. The number of thiophene rings is 1. The summed E-state index contributed by atoms with van der Waals surface area (Å²) in [6.45, 7) is 9.88. The zero-order valence-electron chi connectivity index (χ0n) is 81.8. The topological polar surface area (TPSA) is 419 Å². The minimum Gasteiger partial charge on any atom is -0.507 e. The second-order valence-corrected chi connectivity index (χ2v) is 41.3. The lowest BCUT2D eigenvalue weighted by Crippen LogP contribution is -2.29. The van der Waals surface area contributed by atoms with Crippen LogP contribution in [0.25, 0.3) is 22.6 Å². The number of nitrogens with one attached hydrogen (secondary N) is 1. The van der Waals surface area contributed by atoms with Crippen molar-refractivity contribution in [2.24, 2.45) is 27.5 Å². The highest BCUT2D eigenvalue weighted by Crippen LogP contribution is 2.43. The number of carboxylic acid groups (broad SMARTS) is 2. The molecule has 0 aliphatic carbocycles. The average molecular weight is 2090 g/mol. The van der Waals surface area contributed by atoms with Gasteiger partial charge in [0.2, 0.25) is 11.0 Å². The Bertz CT molecular complexity index is 6630. The van der Waals surface area contributed by atoms with Gasteiger partial charge >= 0.3 is 11.9 Å². The summed E-state index contributed by atoms with van der Waals surface area (Å²) < 4.78 is 27.9. The van der Waals surface area contributed by atoms with Gasteiger partial charge in [0.05, 0.1) is 80.6 Å². The molecule has 15 aromatic rings. The van der Waals surface area contributed by atoms with Crippen LogP contribution in [0.15, 0.2) is 303 Å². The van der Waals surface area contributed by atoms with Gasteiger partial charge in [-0.1, -0.05) is 184 Å². The number of hydrogen-bond donors (Lipinski definition) is 9. The van der Waals surface area contributed by atoms with E-state index in [-0.39, 0.29) is 54.8 Å². The number of nitrogens with two attached hydrogens (primary N) is 3. The Labute approximate surface area is 880 Å². The zero-order chi connectivity index (χ0) is 103. The third-order valence-electron chi connectivity index (χ3n) is 24.6. The number of benzene rings is 10. The minimum atomic E-state index is -1.08. The standard InChI is InChI=1S/C33H40N6O3.C32H24N4O4S2.C22H28O3.C19H25N5O2.C6H4N2S4/c40-32(41)26-39-35-33(34-36-39)30-14-10-28(11-15-30)25-38(22-18-27-8-2-1-3-9-27)21-6-7-23-42-31-16-12-29(13-17-31)24-37-19-4-5-20-37;37-16-21-8-7-20(14-22(21)17-38)28-15-26(29-6-3-13-41-29)34-36(28)32-33-27(18-42-32)19-9-11-23(12-10-19)35-30(39)24-4-1-2-5-25(24)31(35)40;1-2-3-4-5-6-8-17-11-13-18(14-12-17)15-16-19-9-7-10-20(23)21(19)22(24)25;20-18(21)14-4-8-16(9-5-14)25-12-2-1-3-13-26-17-10-6-15(7-11-17)19(22)24-23;1-3-7-9-5(1)11-12-6-2-4-8-10-6/h1-3,8-17H,4-7,18-26H2,(H,40,41);1-14,18,28,37-38H,15-17H2;7,9-14,23H,2-6,8,15-16H2,1H3,(H,24,25);4-11H,1-3,12-13,23H2,(H3,20,21)(H2,22,24);1-4H. The molecule has 8 heterocycles. The van der Waals surface area contributed by atoms with E-state index in [9.17, 15) is 39.6 Å². The van der Waals surface area contributed by atoms with Crippen LogP contribution in [0.3, 0.4) is 0 Å². The first-order chi connectivity index (χ1) is 71.8. The van der Waals surface area contributed by atoms with Gasteiger partial charge in [0.15, 0.2) is 6.54 Å². The number of tetrazole rings is 1. The zero-order valence-corrected chi connectivity index (χ0v) is 86.7. The number of aliphatic hydroxyl groups excluding tert-OH is 2. The first-order valence-electron chi connectivity index (χ1n) is 49.0. The van der Waals surface area contributed by atoms with Crippen LogP contribution in [-0.2, 0) is 63.3 Å². The molecule has 1 saturated heterocycles. The van der Waals surface area contributed by atoms with Crippen molar-refractivity contribution in [3.05, 3.63) is 367 Å². The van der Waals surface area contributed by atoms with Crippen molar-refractivity contribution in [3.63, 3.8) is 0 Å². The number of anilines is 2. The van der Waals surface area contributed by atoms with Crippen LogP contribution < -0.4 is 41.4 Å². The first-order valence-corrected chi connectivity index (χ1v) is 54.5. The van der Waals surface area contributed by atoms with Gasteiger partial charge < -0.3 is 57.1 Å². The second kappa shape index (κ2) is 57.1. The number of imide groups is 1. The smallest absolute Gasteiger partial charge is 0.339 e. The molecule has 762 valence electrons. The molecule has 3 aliphatic rings. The quantitative estimate of drug-likeness (QED) is 0.00325. The predicted molar refractivity (Wildman–Crippen MR) is 587 cm³/mol. The van der Waals surface area contributed by atoms with Crippen molar-refractivity contribution in [3.8, 4) is 45.6 Å². The molecule has 0 spiro atoms. The molecule has 3 aliphatic heterocycles. The van der Waals surface area contributed by atoms with Crippen LogP contribution in [0.1, 0.15) is 194 Å². The number of thiazole rings is 1. The van der Waals surface area contributed by atoms with Gasteiger partial charge in [-0.25, -0.2) is 28.4 Å². The molecular weight excluding hydrogens is 1970 g/mol. The van der Waals surface area contributed by atoms with E-state index in [2.05, 4.69) is 143 Å². The van der Waals surface area contributed by atoms with Gasteiger partial charge in [0, 0.05) is 66.1 Å². The van der Waals surface area contributed by atoms with Gasteiger partial charge in [-0.2, -0.15) is 15.0 Å². The van der Waals surface area contributed by atoms with Crippen molar-refractivity contribution in [1.82, 2.24) is 43.7 Å². The summed E-state index contributed by atoms with van der Waals surface area (Å²) in [7, 11) is 3.46. The number of aliphatic carboxylic acids is 1. The van der Waals surface area contributed by atoms with E-state index in [1.165, 1.54) is 140 Å². The molecule has 1 atom stereocenters. The SMILES string of the molecule is CCCCCCCc1ccc(CCc2cccc(O)c2C(=O)O)cc1.N=C(N)c1ccc(OCCCCCOc2ccc(C(N)=NN)cc2)cc1.O=C(O)Cn1nnc(-c2ccc(CN(CCCCOc3ccc(CN4CCCC4)cc3)CCc3ccccc3)cc2)n1.O=C1c2ccccc2C(=O)N1c1ccc(-c2csc(N3N=C(c4cccs4)CC3c3ccc(CO)c(CO)c3)n2)cc1.c1cc(SSc2ccns2)sn1. The molecule has 35 heteroatoms. The maximum absolute atomic E-state index is 12.9. The number of hydrogen-bond acceptors (Lipinski definition) is 29. The number of aromatic carboxylic acids is 1. The van der Waals surface area contributed by atoms with E-state index in [1.807, 2.05) is 125 Å². The minimum absolute atomic E-state index is 0.0196. The first kappa shape index (κ1) is 109. The summed E-state index contributed by atoms with van der Waals surface area (Å²) in [6.07, 6.45) is 21.8. The maximum atomic E-state index is 12.9. The summed E-state index contributed by atoms with van der Waals surface area (Å²) in [4.78, 5) is 61.3. The van der Waals surface area contributed by atoms with Gasteiger partial charge in [-0.15, -0.1) is 32.9 Å². The molecule has 1 unspecified atom stereocenters. The molecule has 18 rings (SSSR count). The van der Waals surface area contributed by atoms with Crippen LogP contribution in [0.2, 0.25) is 0 Å². The Kier molecular flexibility index (Phi) is 42.2. The third-order valence-corrected chi connectivity index (χ3v) is 31.0. The van der Waals surface area contributed by atoms with Crippen LogP contribution >= 0.6 is 67.3 Å². The number of likely N-dealkylation sites (tertiary alicyclic amines) is 1. The predicted octanol–water partition coefficient (Wildman–Crippen LogP) is 21.9. The number of phenols is 1. The van der Waals surface area contributed by atoms with Crippen molar-refractivity contribution >= 4 is 119 Å². The van der Waals surface area contributed by atoms with Crippen molar-refractivity contribution in [1.29, 1.82) is 5.41 Å². The van der Waals surface area contributed by atoms with Crippen molar-refractivity contribution in [2.45, 2.75) is 163 Å². The van der Waals surface area contributed by atoms with Crippen molar-refractivity contribution < 1.29 is 58.9 Å². The van der Waals surface area contributed by atoms with E-state index in [0.717, 1.165) is 143 Å². The highest BCUT2D eigenvalue weighted by atomic mass is 33.1. The maximum Gasteiger partial charge on any atom is 0.339 e. The molecule has 12 N–H and O–H groups in total. The highest BCUT2D eigenvalue weighted by Gasteiger charge is 2.37. The number of fused-ring (bicyclic) bond motifs is 1. The summed E-state index contributed by atoms with van der Waals surface area (Å²) in [5.41, 5.74) is 26.8. The number of carbonyl (C=O) groups is 4. The molecule has 0 saturated carbocycles. The summed E-state index contributed by atoms with van der Waals surface area (Å²) in [6, 6.07) is 83.2. The number of aliphatic hydroxyl groups is 2. The monoisotopic (exact) mass is 2090 g/mol. The Morgan fingerprint density at radius 2 is 1.15 bits per heavy atom. The van der Waals surface area contributed by atoms with Gasteiger partial charge in [0.1, 0.15) is 40.2 Å². The summed E-state index contributed by atoms with van der Waals surface area (Å²) >= 11 is 6.16. The molecule has 147 heavy (non-hydrogen) atoms. The molecule has 0 bridgehead atoms. The number of rotatable bonds is 46. The Balaban J connectivity index is 0.000000152. The fraction of sp³-hybridized carbons (Fsp3) is 0.277. The number of aryl methyl sites for hydroxylation is 3. The van der Waals surface area contributed by atoms with Crippen LogP contribution in [0.5, 0.6) is 23.0 Å². The molecular formula is C112H121N17O12S6. The van der Waals surface area contributed by atoms with E-state index >= 15 is 0 Å². The van der Waals surface area contributed by atoms with Gasteiger partial charge in [0.25, 0.3) is 11.8 Å². The number of carboxylic acids is 2. The molecule has 10 aromatic carbocycles. The number of hydrazone groups is 2. The molecule has 5 aromatic heterocycles. The lowest BCUT2D eigenvalue weighted by Gasteiger charge is -2.23. The van der Waals surface area contributed by atoms with E-state index in [1.54, 1.807) is 93.6 Å². The Morgan fingerprint density at radius 3 is 1.74 bits per heavy atom. The van der Waals surface area contributed by atoms with Crippen molar-refractivity contribution in [2.75, 3.05) is 55.9 Å². The summed E-state index contributed by atoms with van der Waals surface area (Å²) in [5, 5.41) is 81.9. The third kappa shape index (κ3) is 32.9. The highest BCUT2D eigenvalue weighted by molar-refractivity contribution is 8.77. The van der Waals surface area contributed by atoms with Gasteiger partial charge in [-0.05, 0) is 311 Å². The number of nitrogens with zero attached hydrogens (tertiary/aromatic N) is 13. The van der Waals surface area contributed by atoms with Gasteiger partial charge in [-0.3, -0.25) is 29.6 Å². The molecule has 1 fully saturated rings. The summed E-state index contributed by atoms with van der Waals surface area (Å²) in [5.74, 6) is 5.55. The molecule has 29 nitrogen and oxygen atoms in total. The molecule has 2 amide bonds. The average Bonchev–Trinajstić information content (AvgIpc) is 1.62. The number of amides is 2. The number of ether oxygens (including phenoxy) is 3. The Hall–Kier alpha value is -14.1. The lowest BCUT2D eigenvalue weighted by atomic mass is 9.97. The van der Waals surface area contributed by atoms with Crippen LogP contribution in [0.4, 0.5) is 10.8 Å². The van der Waals surface area contributed by atoms with E-state index in [0.29, 0.717) is 83.4 Å². The van der Waals surface area contributed by atoms with E-state index in [4.69, 9.17) is 52.1 Å². The number of amidine groups is 2. The number of unbranched alkanes of at least 4 members (excludes halogenated alkanes) is 7. The number of carbonyl (C=O) groups excluding carboxylic acids is 2. The Morgan fingerprint density at radius 1 is 0.565 bits per heavy atom. The van der Waals surface area contributed by atoms with Crippen LogP contribution in [-0.4, -0.2) is 156 Å². The normalized spacial score (nSPS) is 13.2. The number of nitrogen functional groups attached to an aromatic ring is 1. The number of aromatic hydroxyl groups is 1. The number of aromatic nitrogens is 7. The van der Waals surface area contributed by atoms with E-state index < -0.39 is 11.9 Å². The largest absolute Gasteiger partial charge is 0.507 e. The van der Waals surface area contributed by atoms with Crippen LogP contribution in [0, 0.1) is 5.41 Å². The fourth-order valence-electron chi connectivity index (χ4n) is 16.7. The molecule has 0 radical (unpaired) electrons. The lowest BCUT2D eigenvalue weighted by molar-refractivity contribution is -0.138. The fourth-order valence-corrected chi connectivity index (χ4v) is 21.8.